The fourth-order valence-corrected chi connectivity index (χ4v) is 2.30. The van der Waals surface area contributed by atoms with Crippen molar-refractivity contribution in [1.29, 1.82) is 0 Å². The SMILES string of the molecule is CN(C)C1CCN(c2ccc(O)cc2)CC1. The summed E-state index contributed by atoms with van der Waals surface area (Å²) in [5, 5.41) is 9.24. The Kier molecular flexibility index (Phi) is 3.34. The van der Waals surface area contributed by atoms with Gasteiger partial charge < -0.3 is 14.9 Å². The van der Waals surface area contributed by atoms with Gasteiger partial charge >= 0.3 is 0 Å². The van der Waals surface area contributed by atoms with Gasteiger partial charge in [-0.15, -0.1) is 0 Å². The van der Waals surface area contributed by atoms with E-state index >= 15 is 0 Å². The maximum absolute atomic E-state index is 9.24. The van der Waals surface area contributed by atoms with E-state index in [9.17, 15) is 5.11 Å². The molecule has 0 unspecified atom stereocenters. The number of piperidine rings is 1. The minimum absolute atomic E-state index is 0.340. The molecular formula is C13H20N2O. The van der Waals surface area contributed by atoms with Crippen molar-refractivity contribution in [2.24, 2.45) is 0 Å². The zero-order chi connectivity index (χ0) is 11.5. The van der Waals surface area contributed by atoms with Crippen LogP contribution in [0.3, 0.4) is 0 Å². The molecule has 0 radical (unpaired) electrons. The topological polar surface area (TPSA) is 26.7 Å². The lowest BCUT2D eigenvalue weighted by molar-refractivity contribution is 0.249. The Morgan fingerprint density at radius 2 is 1.69 bits per heavy atom. The Hall–Kier alpha value is -1.22. The first-order valence-corrected chi connectivity index (χ1v) is 5.87. The van der Waals surface area contributed by atoms with Gasteiger partial charge in [0.1, 0.15) is 5.75 Å². The predicted molar refractivity (Wildman–Crippen MR) is 67.0 cm³/mol. The van der Waals surface area contributed by atoms with Gasteiger partial charge in [-0.05, 0) is 51.2 Å². The van der Waals surface area contributed by atoms with E-state index in [2.05, 4.69) is 23.9 Å². The van der Waals surface area contributed by atoms with E-state index in [1.54, 1.807) is 12.1 Å². The van der Waals surface area contributed by atoms with Crippen LogP contribution in [-0.2, 0) is 0 Å². The highest BCUT2D eigenvalue weighted by atomic mass is 16.3. The van der Waals surface area contributed by atoms with Crippen LogP contribution in [0.4, 0.5) is 5.69 Å². The lowest BCUT2D eigenvalue weighted by atomic mass is 10.0. The quantitative estimate of drug-likeness (QED) is 0.825. The van der Waals surface area contributed by atoms with Crippen LogP contribution in [0.1, 0.15) is 12.8 Å². The highest BCUT2D eigenvalue weighted by Crippen LogP contribution is 2.23. The molecule has 0 saturated carbocycles. The second kappa shape index (κ2) is 4.74. The van der Waals surface area contributed by atoms with E-state index in [1.165, 1.54) is 18.5 Å². The van der Waals surface area contributed by atoms with Crippen LogP contribution >= 0.6 is 0 Å². The van der Waals surface area contributed by atoms with Crippen molar-refractivity contribution in [1.82, 2.24) is 4.90 Å². The maximum atomic E-state index is 9.24. The first-order chi connectivity index (χ1) is 7.66. The molecule has 1 saturated heterocycles. The molecule has 1 fully saturated rings. The van der Waals surface area contributed by atoms with Crippen molar-refractivity contribution >= 4 is 5.69 Å². The van der Waals surface area contributed by atoms with Crippen molar-refractivity contribution in [2.75, 3.05) is 32.1 Å². The van der Waals surface area contributed by atoms with Gasteiger partial charge in [-0.2, -0.15) is 0 Å². The van der Waals surface area contributed by atoms with Crippen LogP contribution < -0.4 is 4.90 Å². The fourth-order valence-electron chi connectivity index (χ4n) is 2.30. The Morgan fingerprint density at radius 3 is 2.19 bits per heavy atom. The minimum Gasteiger partial charge on any atom is -0.508 e. The third-order valence-electron chi connectivity index (χ3n) is 3.41. The first kappa shape index (κ1) is 11.3. The molecular weight excluding hydrogens is 200 g/mol. The minimum atomic E-state index is 0.340. The van der Waals surface area contributed by atoms with E-state index in [-0.39, 0.29) is 0 Å². The summed E-state index contributed by atoms with van der Waals surface area (Å²) in [4.78, 5) is 4.70. The zero-order valence-electron chi connectivity index (χ0n) is 10.1. The first-order valence-electron chi connectivity index (χ1n) is 5.87. The monoisotopic (exact) mass is 220 g/mol. The smallest absolute Gasteiger partial charge is 0.115 e. The lowest BCUT2D eigenvalue weighted by Gasteiger charge is -2.36. The van der Waals surface area contributed by atoms with Gasteiger partial charge in [0.2, 0.25) is 0 Å². The Morgan fingerprint density at radius 1 is 1.12 bits per heavy atom. The Labute approximate surface area is 97.3 Å². The van der Waals surface area contributed by atoms with Crippen molar-refractivity contribution < 1.29 is 5.11 Å². The molecule has 0 spiro atoms. The third kappa shape index (κ3) is 2.47. The van der Waals surface area contributed by atoms with Crippen molar-refractivity contribution in [3.05, 3.63) is 24.3 Å². The Bertz CT molecular complexity index is 326. The second-order valence-electron chi connectivity index (χ2n) is 4.70. The van der Waals surface area contributed by atoms with Crippen LogP contribution in [0.15, 0.2) is 24.3 Å². The molecule has 16 heavy (non-hydrogen) atoms. The molecule has 1 aliphatic heterocycles. The van der Waals surface area contributed by atoms with Gasteiger partial charge in [-0.3, -0.25) is 0 Å². The molecule has 3 heteroatoms. The summed E-state index contributed by atoms with van der Waals surface area (Å²) in [6.07, 6.45) is 2.43. The van der Waals surface area contributed by atoms with Gasteiger partial charge in [-0.1, -0.05) is 0 Å². The second-order valence-corrected chi connectivity index (χ2v) is 4.70. The average molecular weight is 220 g/mol. The summed E-state index contributed by atoms with van der Waals surface area (Å²) in [6.45, 7) is 2.21. The Balaban J connectivity index is 1.96. The summed E-state index contributed by atoms with van der Waals surface area (Å²) >= 11 is 0. The van der Waals surface area contributed by atoms with Crippen LogP contribution in [0.2, 0.25) is 0 Å². The summed E-state index contributed by atoms with van der Waals surface area (Å²) in [5.41, 5.74) is 1.22. The van der Waals surface area contributed by atoms with Gasteiger partial charge in [0.05, 0.1) is 0 Å². The van der Waals surface area contributed by atoms with Crippen molar-refractivity contribution in [2.45, 2.75) is 18.9 Å². The molecule has 3 nitrogen and oxygen atoms in total. The van der Waals surface area contributed by atoms with Gasteiger partial charge in [0.15, 0.2) is 0 Å². The number of rotatable bonds is 2. The lowest BCUT2D eigenvalue weighted by Crippen LogP contribution is -2.41. The molecule has 1 aromatic carbocycles. The third-order valence-corrected chi connectivity index (χ3v) is 3.41. The highest BCUT2D eigenvalue weighted by molar-refractivity contribution is 5.49. The van der Waals surface area contributed by atoms with Crippen LogP contribution in [0.25, 0.3) is 0 Å². The fraction of sp³-hybridized carbons (Fsp3) is 0.538. The maximum Gasteiger partial charge on any atom is 0.115 e. The molecule has 0 bridgehead atoms. The van der Waals surface area contributed by atoms with E-state index in [1.807, 2.05) is 12.1 Å². The van der Waals surface area contributed by atoms with E-state index in [0.717, 1.165) is 13.1 Å². The van der Waals surface area contributed by atoms with Gasteiger partial charge in [-0.25, -0.2) is 0 Å². The number of hydrogen-bond acceptors (Lipinski definition) is 3. The largest absolute Gasteiger partial charge is 0.508 e. The van der Waals surface area contributed by atoms with Gasteiger partial charge in [0, 0.05) is 24.8 Å². The van der Waals surface area contributed by atoms with Crippen LogP contribution in [0, 0.1) is 0 Å². The molecule has 88 valence electrons. The number of hydrogen-bond donors (Lipinski definition) is 1. The molecule has 2 rings (SSSR count). The zero-order valence-corrected chi connectivity index (χ0v) is 10.1. The molecule has 0 amide bonds. The molecule has 0 atom stereocenters. The molecule has 0 aromatic heterocycles. The van der Waals surface area contributed by atoms with Crippen molar-refractivity contribution in [3.63, 3.8) is 0 Å². The normalized spacial score (nSPS) is 18.1. The van der Waals surface area contributed by atoms with Gasteiger partial charge in [0.25, 0.3) is 0 Å². The van der Waals surface area contributed by atoms with E-state index < -0.39 is 0 Å². The predicted octanol–water partition coefficient (Wildman–Crippen LogP) is 1.92. The summed E-state index contributed by atoms with van der Waals surface area (Å²) in [7, 11) is 4.31. The van der Waals surface area contributed by atoms with Crippen LogP contribution in [0.5, 0.6) is 5.75 Å². The average Bonchev–Trinajstić information content (AvgIpc) is 2.30. The summed E-state index contributed by atoms with van der Waals surface area (Å²) in [6, 6.07) is 8.21. The highest BCUT2D eigenvalue weighted by Gasteiger charge is 2.20. The number of aromatic hydroxyl groups is 1. The molecule has 1 aliphatic rings. The number of anilines is 1. The molecule has 1 aromatic rings. The number of benzene rings is 1. The molecule has 1 heterocycles. The summed E-state index contributed by atoms with van der Waals surface area (Å²) in [5.74, 6) is 0.340. The van der Waals surface area contributed by atoms with E-state index in [0.29, 0.717) is 11.8 Å². The standard InChI is InChI=1S/C13H20N2O/c1-14(2)11-7-9-15(10-8-11)12-3-5-13(16)6-4-12/h3-6,11,16H,7-10H2,1-2H3. The van der Waals surface area contributed by atoms with Crippen LogP contribution in [-0.4, -0.2) is 43.2 Å². The van der Waals surface area contributed by atoms with Crippen molar-refractivity contribution in [3.8, 4) is 5.75 Å². The number of phenols is 1. The van der Waals surface area contributed by atoms with E-state index in [4.69, 9.17) is 0 Å². The number of nitrogens with zero attached hydrogens (tertiary/aromatic N) is 2. The number of phenolic OH excluding ortho intramolecular Hbond substituents is 1. The molecule has 1 N–H and O–H groups in total. The summed E-state index contributed by atoms with van der Waals surface area (Å²) < 4.78 is 0. The molecule has 0 aliphatic carbocycles.